The molecule has 2 N–H and O–H groups in total. The lowest BCUT2D eigenvalue weighted by molar-refractivity contribution is -0.151. The first-order valence-corrected chi connectivity index (χ1v) is 9.06. The summed E-state index contributed by atoms with van der Waals surface area (Å²) in [5.41, 5.74) is 0.441. The lowest BCUT2D eigenvalue weighted by Crippen LogP contribution is -2.46. The normalized spacial score (nSPS) is 13.0. The summed E-state index contributed by atoms with van der Waals surface area (Å²) in [7, 11) is 0. The molecule has 2 atom stereocenters. The van der Waals surface area contributed by atoms with Gasteiger partial charge in [0.05, 0.1) is 0 Å². The highest BCUT2D eigenvalue weighted by atomic mass is 79.9. The van der Waals surface area contributed by atoms with Gasteiger partial charge >= 0.3 is 5.97 Å². The fourth-order valence-corrected chi connectivity index (χ4v) is 2.23. The number of nitrogens with one attached hydrogen (secondary N) is 2. The molecule has 0 aliphatic heterocycles. The molecule has 1 aromatic rings. The van der Waals surface area contributed by atoms with Crippen LogP contribution in [0.1, 0.15) is 44.5 Å². The van der Waals surface area contributed by atoms with E-state index in [1.165, 1.54) is 0 Å². The molecule has 2 amide bonds. The first kappa shape index (κ1) is 21.2. The van der Waals surface area contributed by atoms with Gasteiger partial charge in [-0.2, -0.15) is 0 Å². The summed E-state index contributed by atoms with van der Waals surface area (Å²) in [6, 6.07) is 5.99. The van der Waals surface area contributed by atoms with E-state index in [0.717, 1.165) is 10.9 Å². The van der Waals surface area contributed by atoms with E-state index in [1.807, 2.05) is 13.8 Å². The van der Waals surface area contributed by atoms with E-state index in [9.17, 15) is 14.4 Å². The summed E-state index contributed by atoms with van der Waals surface area (Å²) in [6.07, 6.45) is 0.789. The largest absolute Gasteiger partial charge is 0.454 e. The van der Waals surface area contributed by atoms with Crippen molar-refractivity contribution in [3.63, 3.8) is 0 Å². The van der Waals surface area contributed by atoms with E-state index in [1.54, 1.807) is 38.1 Å². The molecule has 0 heterocycles. The number of halogens is 1. The van der Waals surface area contributed by atoms with Gasteiger partial charge in [-0.05, 0) is 43.5 Å². The Hall–Kier alpha value is -1.89. The Morgan fingerprint density at radius 3 is 2.20 bits per heavy atom. The first-order valence-electron chi connectivity index (χ1n) is 8.27. The van der Waals surface area contributed by atoms with E-state index in [4.69, 9.17) is 4.74 Å². The van der Waals surface area contributed by atoms with E-state index in [-0.39, 0.29) is 30.4 Å². The SMILES string of the molecule is CC[C@H](C)NC(=O)COC(=O)[C@@H](NC(=O)c1ccc(Br)cc1)C(C)C. The van der Waals surface area contributed by atoms with Crippen LogP contribution < -0.4 is 10.6 Å². The molecule has 0 saturated carbocycles. The maximum Gasteiger partial charge on any atom is 0.329 e. The number of amides is 2. The Balaban J connectivity index is 2.63. The topological polar surface area (TPSA) is 84.5 Å². The fraction of sp³-hybridized carbons (Fsp3) is 0.500. The molecule has 0 radical (unpaired) electrons. The summed E-state index contributed by atoms with van der Waals surface area (Å²) in [5, 5.41) is 5.38. The molecule has 1 rings (SSSR count). The number of benzene rings is 1. The molecule has 0 saturated heterocycles. The highest BCUT2D eigenvalue weighted by Gasteiger charge is 2.26. The number of carbonyl (C=O) groups excluding carboxylic acids is 3. The third-order valence-electron chi connectivity index (χ3n) is 3.68. The maximum atomic E-state index is 12.3. The standard InChI is InChI=1S/C18H25BrN2O4/c1-5-12(4)20-15(22)10-25-18(24)16(11(2)3)21-17(23)13-6-8-14(19)9-7-13/h6-9,11-12,16H,5,10H2,1-4H3,(H,20,22)(H,21,23)/t12-,16-/m0/s1. The van der Waals surface area contributed by atoms with Crippen LogP contribution in [0.25, 0.3) is 0 Å². The Kier molecular flexibility index (Phi) is 8.61. The van der Waals surface area contributed by atoms with Gasteiger partial charge in [-0.15, -0.1) is 0 Å². The van der Waals surface area contributed by atoms with Crippen LogP contribution in [0.5, 0.6) is 0 Å². The van der Waals surface area contributed by atoms with Gasteiger partial charge < -0.3 is 15.4 Å². The average Bonchev–Trinajstić information content (AvgIpc) is 2.57. The van der Waals surface area contributed by atoms with Gasteiger partial charge in [-0.25, -0.2) is 4.79 Å². The van der Waals surface area contributed by atoms with E-state index < -0.39 is 12.0 Å². The summed E-state index contributed by atoms with van der Waals surface area (Å²) in [6.45, 7) is 7.05. The smallest absolute Gasteiger partial charge is 0.329 e. The van der Waals surface area contributed by atoms with Gasteiger partial charge in [0.2, 0.25) is 0 Å². The maximum absolute atomic E-state index is 12.3. The summed E-state index contributed by atoms with van der Waals surface area (Å²) in [4.78, 5) is 36.2. The minimum atomic E-state index is -0.826. The molecule has 0 aromatic heterocycles. The molecule has 0 aliphatic rings. The Labute approximate surface area is 156 Å². The van der Waals surface area contributed by atoms with Crippen molar-refractivity contribution in [2.24, 2.45) is 5.92 Å². The monoisotopic (exact) mass is 412 g/mol. The summed E-state index contributed by atoms with van der Waals surface area (Å²) >= 11 is 3.30. The third-order valence-corrected chi connectivity index (χ3v) is 4.21. The Bertz CT molecular complexity index is 602. The van der Waals surface area contributed by atoms with Crippen LogP contribution >= 0.6 is 15.9 Å². The van der Waals surface area contributed by atoms with Crippen molar-refractivity contribution in [2.75, 3.05) is 6.61 Å². The average molecular weight is 413 g/mol. The molecule has 0 fully saturated rings. The van der Waals surface area contributed by atoms with Crippen LogP contribution in [0.4, 0.5) is 0 Å². The quantitative estimate of drug-likeness (QED) is 0.642. The Morgan fingerprint density at radius 2 is 1.68 bits per heavy atom. The summed E-state index contributed by atoms with van der Waals surface area (Å²) < 4.78 is 5.91. The van der Waals surface area contributed by atoms with Crippen molar-refractivity contribution in [3.05, 3.63) is 34.3 Å². The van der Waals surface area contributed by atoms with E-state index >= 15 is 0 Å². The number of ether oxygens (including phenoxy) is 1. The minimum Gasteiger partial charge on any atom is -0.454 e. The molecule has 1 aromatic carbocycles. The van der Waals surface area contributed by atoms with Gasteiger partial charge in [0.25, 0.3) is 11.8 Å². The number of carbonyl (C=O) groups is 3. The highest BCUT2D eigenvalue weighted by Crippen LogP contribution is 2.12. The fourth-order valence-electron chi connectivity index (χ4n) is 1.97. The number of rotatable bonds is 8. The van der Waals surface area contributed by atoms with E-state index in [0.29, 0.717) is 5.56 Å². The van der Waals surface area contributed by atoms with Crippen molar-refractivity contribution >= 4 is 33.7 Å². The number of esters is 1. The van der Waals surface area contributed by atoms with Crippen molar-refractivity contribution in [1.82, 2.24) is 10.6 Å². The van der Waals surface area contributed by atoms with E-state index in [2.05, 4.69) is 26.6 Å². The minimum absolute atomic E-state index is 0.0178. The zero-order valence-corrected chi connectivity index (χ0v) is 16.6. The predicted molar refractivity (Wildman–Crippen MR) is 99.1 cm³/mol. The van der Waals surface area contributed by atoms with Crippen molar-refractivity contribution < 1.29 is 19.1 Å². The lowest BCUT2D eigenvalue weighted by Gasteiger charge is -2.21. The van der Waals surface area contributed by atoms with Gasteiger partial charge in [0, 0.05) is 16.1 Å². The second kappa shape index (κ2) is 10.2. The Morgan fingerprint density at radius 1 is 1.08 bits per heavy atom. The van der Waals surface area contributed by atoms with Gasteiger partial charge in [0.15, 0.2) is 6.61 Å². The van der Waals surface area contributed by atoms with Gasteiger partial charge in [-0.3, -0.25) is 9.59 Å². The molecule has 25 heavy (non-hydrogen) atoms. The number of hydrogen-bond donors (Lipinski definition) is 2. The lowest BCUT2D eigenvalue weighted by atomic mass is 10.0. The third kappa shape index (κ3) is 7.25. The molecular weight excluding hydrogens is 388 g/mol. The number of hydrogen-bond acceptors (Lipinski definition) is 4. The second-order valence-electron chi connectivity index (χ2n) is 6.19. The zero-order chi connectivity index (χ0) is 19.0. The molecule has 0 aliphatic carbocycles. The molecule has 0 spiro atoms. The molecule has 138 valence electrons. The molecule has 7 heteroatoms. The summed E-state index contributed by atoms with van der Waals surface area (Å²) in [5.74, 6) is -1.53. The van der Waals surface area contributed by atoms with Crippen molar-refractivity contribution in [1.29, 1.82) is 0 Å². The first-order chi connectivity index (χ1) is 11.7. The van der Waals surface area contributed by atoms with Crippen LogP contribution in [0, 0.1) is 5.92 Å². The van der Waals surface area contributed by atoms with Crippen LogP contribution in [0.3, 0.4) is 0 Å². The highest BCUT2D eigenvalue weighted by molar-refractivity contribution is 9.10. The molecular formula is C18H25BrN2O4. The van der Waals surface area contributed by atoms with Gasteiger partial charge in [-0.1, -0.05) is 36.7 Å². The second-order valence-corrected chi connectivity index (χ2v) is 7.10. The van der Waals surface area contributed by atoms with Crippen molar-refractivity contribution in [2.45, 2.75) is 46.2 Å². The molecule has 0 unspecified atom stereocenters. The van der Waals surface area contributed by atoms with Crippen molar-refractivity contribution in [3.8, 4) is 0 Å². The van der Waals surface area contributed by atoms with Crippen LogP contribution in [0.15, 0.2) is 28.7 Å². The predicted octanol–water partition coefficient (Wildman–Crippen LogP) is 2.66. The zero-order valence-electron chi connectivity index (χ0n) is 15.0. The van der Waals surface area contributed by atoms with Crippen LogP contribution in [0.2, 0.25) is 0 Å². The molecule has 0 bridgehead atoms. The van der Waals surface area contributed by atoms with Gasteiger partial charge in [0.1, 0.15) is 6.04 Å². The van der Waals surface area contributed by atoms with Crippen LogP contribution in [-0.2, 0) is 14.3 Å². The molecule has 6 nitrogen and oxygen atoms in total. The van der Waals surface area contributed by atoms with Crippen LogP contribution in [-0.4, -0.2) is 36.5 Å².